The Labute approximate surface area is 106 Å². The molecule has 2 N–H and O–H groups in total. The highest BCUT2D eigenvalue weighted by Crippen LogP contribution is 2.40. The van der Waals surface area contributed by atoms with E-state index in [1.807, 2.05) is 17.0 Å². The van der Waals surface area contributed by atoms with Crippen LogP contribution in [0.25, 0.3) is 0 Å². The summed E-state index contributed by atoms with van der Waals surface area (Å²) in [4.78, 5) is 18.1. The van der Waals surface area contributed by atoms with Gasteiger partial charge in [-0.15, -0.1) is 0 Å². The van der Waals surface area contributed by atoms with E-state index in [1.54, 1.807) is 13.3 Å². The number of rotatable bonds is 3. The molecule has 2 fully saturated rings. The number of aromatic nitrogens is 1. The maximum Gasteiger partial charge on any atom is 0.225 e. The van der Waals surface area contributed by atoms with E-state index < -0.39 is 0 Å². The topological polar surface area (TPSA) is 68.5 Å². The molecule has 5 nitrogen and oxygen atoms in total. The van der Waals surface area contributed by atoms with Crippen molar-refractivity contribution in [2.75, 3.05) is 7.11 Å². The number of nitrogens with two attached hydrogens (primary N) is 1. The molecule has 1 amide bonds. The van der Waals surface area contributed by atoms with Crippen molar-refractivity contribution in [1.29, 1.82) is 0 Å². The second-order valence-electron chi connectivity index (χ2n) is 4.98. The van der Waals surface area contributed by atoms with E-state index in [9.17, 15) is 4.79 Å². The zero-order valence-corrected chi connectivity index (χ0v) is 10.4. The summed E-state index contributed by atoms with van der Waals surface area (Å²) in [6.45, 7) is 0. The van der Waals surface area contributed by atoms with Gasteiger partial charge in [-0.25, -0.2) is 4.98 Å². The normalized spacial score (nSPS) is 27.7. The standard InChI is InChI=1S/C13H17N3O2/c1-18-11-5-2-8(7-15-11)13-10(14)6-12(17)16(13)9-3-4-9/h2,5,7,9-10,13H,3-4,6,14H2,1H3. The molecule has 1 aliphatic carbocycles. The summed E-state index contributed by atoms with van der Waals surface area (Å²) in [6.07, 6.45) is 4.39. The molecular formula is C13H17N3O2. The molecule has 1 saturated heterocycles. The minimum atomic E-state index is -0.131. The third-order valence-electron chi connectivity index (χ3n) is 3.65. The quantitative estimate of drug-likeness (QED) is 0.860. The van der Waals surface area contributed by atoms with Crippen molar-refractivity contribution >= 4 is 5.91 Å². The van der Waals surface area contributed by atoms with Gasteiger partial charge in [0, 0.05) is 30.8 Å². The van der Waals surface area contributed by atoms with Crippen molar-refractivity contribution in [2.45, 2.75) is 37.4 Å². The molecule has 3 rings (SSSR count). The molecule has 2 heterocycles. The number of ether oxygens (including phenoxy) is 1. The van der Waals surface area contributed by atoms with Crippen molar-refractivity contribution in [2.24, 2.45) is 5.73 Å². The van der Waals surface area contributed by atoms with Crippen LogP contribution in [0.15, 0.2) is 18.3 Å². The van der Waals surface area contributed by atoms with Crippen LogP contribution in [0.5, 0.6) is 5.88 Å². The van der Waals surface area contributed by atoms with Crippen molar-refractivity contribution in [3.8, 4) is 5.88 Å². The lowest BCUT2D eigenvalue weighted by atomic mass is 10.0. The Kier molecular flexibility index (Phi) is 2.70. The van der Waals surface area contributed by atoms with Crippen LogP contribution >= 0.6 is 0 Å². The molecule has 1 aliphatic heterocycles. The number of likely N-dealkylation sites (tertiary alicyclic amines) is 1. The lowest BCUT2D eigenvalue weighted by Crippen LogP contribution is -2.34. The van der Waals surface area contributed by atoms with Gasteiger partial charge in [0.15, 0.2) is 0 Å². The average Bonchev–Trinajstić information content (AvgIpc) is 3.15. The first-order chi connectivity index (χ1) is 8.70. The lowest BCUT2D eigenvalue weighted by Gasteiger charge is -2.27. The molecule has 0 radical (unpaired) electrons. The average molecular weight is 247 g/mol. The summed E-state index contributed by atoms with van der Waals surface area (Å²) in [7, 11) is 1.59. The Morgan fingerprint density at radius 3 is 2.78 bits per heavy atom. The van der Waals surface area contributed by atoms with E-state index in [-0.39, 0.29) is 18.0 Å². The van der Waals surface area contributed by atoms with Gasteiger partial charge in [-0.2, -0.15) is 0 Å². The van der Waals surface area contributed by atoms with Gasteiger partial charge in [0.2, 0.25) is 11.8 Å². The van der Waals surface area contributed by atoms with E-state index in [0.717, 1.165) is 18.4 Å². The van der Waals surface area contributed by atoms with Crippen molar-refractivity contribution in [3.05, 3.63) is 23.9 Å². The number of pyridine rings is 1. The van der Waals surface area contributed by atoms with Crippen molar-refractivity contribution < 1.29 is 9.53 Å². The molecule has 2 aliphatic rings. The Hall–Kier alpha value is -1.62. The summed E-state index contributed by atoms with van der Waals surface area (Å²) >= 11 is 0. The molecule has 1 aromatic rings. The maximum atomic E-state index is 12.0. The zero-order chi connectivity index (χ0) is 12.7. The molecule has 0 spiro atoms. The predicted octanol–water partition coefficient (Wildman–Crippen LogP) is 0.853. The minimum absolute atomic E-state index is 0.0246. The fraction of sp³-hybridized carbons (Fsp3) is 0.538. The Morgan fingerprint density at radius 1 is 1.44 bits per heavy atom. The van der Waals surface area contributed by atoms with Gasteiger partial charge >= 0.3 is 0 Å². The SMILES string of the molecule is COc1ccc(C2C(N)CC(=O)N2C2CC2)cn1. The first kappa shape index (κ1) is 11.5. The number of methoxy groups -OCH3 is 1. The summed E-state index contributed by atoms with van der Waals surface area (Å²) in [5, 5.41) is 0. The lowest BCUT2D eigenvalue weighted by molar-refractivity contribution is -0.129. The number of carbonyl (C=O) groups is 1. The summed E-state index contributed by atoms with van der Waals surface area (Å²) in [6, 6.07) is 4.00. The minimum Gasteiger partial charge on any atom is -0.481 e. The fourth-order valence-electron chi connectivity index (χ4n) is 2.66. The van der Waals surface area contributed by atoms with Crippen LogP contribution < -0.4 is 10.5 Å². The van der Waals surface area contributed by atoms with Crippen LogP contribution in [0, 0.1) is 0 Å². The summed E-state index contributed by atoms with van der Waals surface area (Å²) in [5.74, 6) is 0.750. The summed E-state index contributed by atoms with van der Waals surface area (Å²) in [5.41, 5.74) is 7.11. The molecule has 0 bridgehead atoms. The highest BCUT2D eigenvalue weighted by Gasteiger charge is 2.45. The highest BCUT2D eigenvalue weighted by atomic mass is 16.5. The number of hydrogen-bond donors (Lipinski definition) is 1. The Bertz CT molecular complexity index is 456. The molecule has 5 heteroatoms. The van der Waals surface area contributed by atoms with Crippen molar-refractivity contribution in [1.82, 2.24) is 9.88 Å². The van der Waals surface area contributed by atoms with Gasteiger partial charge < -0.3 is 15.4 Å². The van der Waals surface area contributed by atoms with Gasteiger partial charge in [-0.1, -0.05) is 0 Å². The van der Waals surface area contributed by atoms with Gasteiger partial charge in [0.05, 0.1) is 13.2 Å². The first-order valence-corrected chi connectivity index (χ1v) is 6.27. The first-order valence-electron chi connectivity index (χ1n) is 6.27. The van der Waals surface area contributed by atoms with E-state index in [1.165, 1.54) is 0 Å². The Balaban J connectivity index is 1.89. The van der Waals surface area contributed by atoms with E-state index in [2.05, 4.69) is 4.98 Å². The summed E-state index contributed by atoms with van der Waals surface area (Å²) < 4.78 is 5.04. The second-order valence-corrected chi connectivity index (χ2v) is 4.98. The molecule has 2 atom stereocenters. The zero-order valence-electron chi connectivity index (χ0n) is 10.4. The van der Waals surface area contributed by atoms with Gasteiger partial charge in [0.1, 0.15) is 0 Å². The van der Waals surface area contributed by atoms with Crippen LogP contribution in [0.1, 0.15) is 30.9 Å². The molecular weight excluding hydrogens is 230 g/mol. The smallest absolute Gasteiger partial charge is 0.225 e. The molecule has 96 valence electrons. The molecule has 0 aromatic carbocycles. The maximum absolute atomic E-state index is 12.0. The largest absolute Gasteiger partial charge is 0.481 e. The Morgan fingerprint density at radius 2 is 2.22 bits per heavy atom. The number of carbonyl (C=O) groups excluding carboxylic acids is 1. The van der Waals surface area contributed by atoms with Gasteiger partial charge in [-0.05, 0) is 24.5 Å². The molecule has 1 aromatic heterocycles. The van der Waals surface area contributed by atoms with E-state index >= 15 is 0 Å². The third-order valence-corrected chi connectivity index (χ3v) is 3.65. The fourth-order valence-corrected chi connectivity index (χ4v) is 2.66. The van der Waals surface area contributed by atoms with Crippen molar-refractivity contribution in [3.63, 3.8) is 0 Å². The van der Waals surface area contributed by atoms with E-state index in [4.69, 9.17) is 10.5 Å². The monoisotopic (exact) mass is 247 g/mol. The molecule has 2 unspecified atom stereocenters. The third kappa shape index (κ3) is 1.84. The van der Waals surface area contributed by atoms with Crippen LogP contribution in [0.4, 0.5) is 0 Å². The number of hydrogen-bond acceptors (Lipinski definition) is 4. The van der Waals surface area contributed by atoms with Crippen LogP contribution in [0.2, 0.25) is 0 Å². The number of nitrogens with zero attached hydrogens (tertiary/aromatic N) is 2. The predicted molar refractivity (Wildman–Crippen MR) is 66.0 cm³/mol. The van der Waals surface area contributed by atoms with Gasteiger partial charge in [-0.3, -0.25) is 4.79 Å². The highest BCUT2D eigenvalue weighted by molar-refractivity contribution is 5.81. The van der Waals surface area contributed by atoms with E-state index in [0.29, 0.717) is 18.3 Å². The molecule has 18 heavy (non-hydrogen) atoms. The van der Waals surface area contributed by atoms with Crippen LogP contribution in [0.3, 0.4) is 0 Å². The second kappa shape index (κ2) is 4.24. The van der Waals surface area contributed by atoms with Crippen LogP contribution in [-0.4, -0.2) is 35.0 Å². The van der Waals surface area contributed by atoms with Crippen LogP contribution in [-0.2, 0) is 4.79 Å². The molecule has 1 saturated carbocycles. The number of amides is 1. The van der Waals surface area contributed by atoms with Gasteiger partial charge in [0.25, 0.3) is 0 Å².